The first-order valence-corrected chi connectivity index (χ1v) is 33.0. The maximum atomic E-state index is 6.18. The number of hydrogen-bond acceptors (Lipinski definition) is 1. The van der Waals surface area contributed by atoms with E-state index in [0.717, 1.165) is 40.5 Å². The van der Waals surface area contributed by atoms with Crippen molar-refractivity contribution in [3.05, 3.63) is 79.6 Å². The van der Waals surface area contributed by atoms with Crippen molar-refractivity contribution in [1.82, 2.24) is 0 Å². The molecule has 3 fully saturated rings. The van der Waals surface area contributed by atoms with Gasteiger partial charge in [0.2, 0.25) is 0 Å². The van der Waals surface area contributed by atoms with Gasteiger partial charge >= 0.3 is 37.9 Å². The topological polar surface area (TPSA) is 9.23 Å². The zero-order valence-corrected chi connectivity index (χ0v) is 41.5. The molecule has 0 radical (unpaired) electrons. The molecule has 0 saturated heterocycles. The Morgan fingerprint density at radius 3 is 1.86 bits per heavy atom. The van der Waals surface area contributed by atoms with Crippen LogP contribution in [0.5, 0.6) is 5.75 Å². The summed E-state index contributed by atoms with van der Waals surface area (Å²) in [5.41, 5.74) is 8.11. The van der Waals surface area contributed by atoms with E-state index >= 15 is 0 Å². The third kappa shape index (κ3) is 10.3. The third-order valence-electron chi connectivity index (χ3n) is 14.3. The van der Waals surface area contributed by atoms with Crippen LogP contribution in [0.2, 0.25) is 37.3 Å². The van der Waals surface area contributed by atoms with Gasteiger partial charge in [0.25, 0.3) is 0 Å². The average molecular weight is 851 g/mol. The molecule has 1 nitrogen and oxygen atoms in total. The van der Waals surface area contributed by atoms with Gasteiger partial charge in [0.1, 0.15) is 5.75 Å². The first-order valence-electron chi connectivity index (χ1n) is 19.5. The Kier molecular flexibility index (Phi) is 17.5. The summed E-state index contributed by atoms with van der Waals surface area (Å²) in [4.78, 5) is 0. The second-order valence-electron chi connectivity index (χ2n) is 19.7. The predicted molar refractivity (Wildman–Crippen MR) is 232 cm³/mol. The first kappa shape index (κ1) is 47.3. The molecule has 0 bridgehead atoms. The van der Waals surface area contributed by atoms with Gasteiger partial charge in [-0.15, -0.1) is 0 Å². The molecule has 8 unspecified atom stereocenters. The molecule has 3 aliphatic carbocycles. The van der Waals surface area contributed by atoms with Crippen LogP contribution in [0.25, 0.3) is 0 Å². The van der Waals surface area contributed by atoms with Crippen LogP contribution in [0.3, 0.4) is 0 Å². The Morgan fingerprint density at radius 2 is 1.35 bits per heavy atom. The minimum atomic E-state index is -1.48. The predicted octanol–water partition coefficient (Wildman–Crippen LogP) is 15.3. The Morgan fingerprint density at radius 1 is 0.804 bits per heavy atom. The summed E-state index contributed by atoms with van der Waals surface area (Å²) < 4.78 is 6.18. The van der Waals surface area contributed by atoms with Crippen molar-refractivity contribution >= 4 is 32.2 Å². The van der Waals surface area contributed by atoms with Crippen LogP contribution in [0, 0.1) is 38.5 Å². The van der Waals surface area contributed by atoms with Crippen molar-refractivity contribution in [2.75, 3.05) is 7.11 Å². The molecule has 0 aliphatic heterocycles. The van der Waals surface area contributed by atoms with E-state index in [4.69, 9.17) is 21.8 Å². The van der Waals surface area contributed by atoms with Gasteiger partial charge in [-0.2, -0.15) is 0 Å². The normalized spacial score (nSPS) is 27.2. The monoisotopic (exact) mass is 848 g/mol. The molecule has 51 heavy (non-hydrogen) atoms. The molecule has 2 aromatic rings. The van der Waals surface area contributed by atoms with E-state index in [1.165, 1.54) is 68.1 Å². The van der Waals surface area contributed by atoms with Crippen LogP contribution in [0.15, 0.2) is 42.5 Å². The molecule has 2 aromatic carbocycles. The Balaban J connectivity index is 0.00000174. The van der Waals surface area contributed by atoms with Crippen molar-refractivity contribution in [1.29, 1.82) is 0 Å². The van der Waals surface area contributed by atoms with Crippen LogP contribution in [0.1, 0.15) is 141 Å². The summed E-state index contributed by atoms with van der Waals surface area (Å²) in [6.45, 7) is 30.9. The molecule has 8 atom stereocenters. The van der Waals surface area contributed by atoms with Gasteiger partial charge in [-0.25, -0.2) is 0 Å². The van der Waals surface area contributed by atoms with Crippen molar-refractivity contribution in [2.24, 2.45) is 23.7 Å². The standard InChI is InChI=1S/C43H70OSi2.2CH3.2ClH.Zr/c1-29(32-18-15-14-16-19-32)24-31-22-23-34(26-31)45(10,11)46(12,13)41-30(2)25-37-35(20-17-21-36(37)41)33-27-38(42(3,4)5)40(44-9)39(28-33)43(6,7)8;;;;;/h14-16,18-19,27-31,34-37,41H,17,20-26H2,1-13H3;2*1H3;2*1H;/q;2*-1;;;+4/p-2. The first-order chi connectivity index (χ1) is 22.8. The van der Waals surface area contributed by atoms with E-state index in [1.54, 1.807) is 5.56 Å². The summed E-state index contributed by atoms with van der Waals surface area (Å²) in [7, 11) is 8.86. The number of fused-ring (bicyclic) bond motifs is 1. The Labute approximate surface area is 338 Å². The van der Waals surface area contributed by atoms with Gasteiger partial charge in [0.15, 0.2) is 0 Å². The SMILES string of the molecule is COc1c(C(C)(C)C)cc(C2CCCC3C2CC(C)C3[Si](C)(C)[Si](C)(C)C2CCC(CC(C)c3ccccc3)C2)cc1C(C)(C)C.[CH3-].[CH3-].[Cl][Zr+2][Cl]. The molecule has 288 valence electrons. The van der Waals surface area contributed by atoms with Crippen LogP contribution in [0.4, 0.5) is 0 Å². The molecule has 3 aliphatic rings. The number of rotatable bonds is 8. The van der Waals surface area contributed by atoms with Gasteiger partial charge in [0.05, 0.1) is 7.11 Å². The summed E-state index contributed by atoms with van der Waals surface area (Å²) in [6.07, 6.45) is 11.6. The summed E-state index contributed by atoms with van der Waals surface area (Å²) in [6, 6.07) is 16.5. The van der Waals surface area contributed by atoms with E-state index in [9.17, 15) is 0 Å². The molecule has 0 N–H and O–H groups in total. The minimum absolute atomic E-state index is 0. The number of methoxy groups -OCH3 is 1. The molecule has 0 aromatic heterocycles. The van der Waals surface area contributed by atoms with Crippen LogP contribution in [-0.2, 0) is 31.7 Å². The Hall–Kier alpha value is 0.137. The van der Waals surface area contributed by atoms with Crippen molar-refractivity contribution in [2.45, 2.75) is 167 Å². The van der Waals surface area contributed by atoms with Crippen molar-refractivity contribution in [3.63, 3.8) is 0 Å². The Bertz CT molecular complexity index is 1330. The zero-order chi connectivity index (χ0) is 36.5. The second kappa shape index (κ2) is 18.8. The molecular formula is C45H76Cl2OSi2Zr. The number of halogens is 2. The maximum absolute atomic E-state index is 6.18. The van der Waals surface area contributed by atoms with Gasteiger partial charge in [-0.1, -0.05) is 156 Å². The fraction of sp³-hybridized carbons (Fsp3) is 0.689. The molecule has 6 heteroatoms. The van der Waals surface area contributed by atoms with E-state index in [-0.39, 0.29) is 25.7 Å². The second-order valence-corrected chi connectivity index (χ2v) is 39.5. The van der Waals surface area contributed by atoms with Crippen molar-refractivity contribution < 1.29 is 25.6 Å². The quantitative estimate of drug-likeness (QED) is 0.190. The third-order valence-corrected chi connectivity index (χ3v) is 35.0. The van der Waals surface area contributed by atoms with Gasteiger partial charge < -0.3 is 19.6 Å². The molecule has 0 amide bonds. The summed E-state index contributed by atoms with van der Waals surface area (Å²) in [5.74, 6) is 6.09. The van der Waals surface area contributed by atoms with Gasteiger partial charge in [-0.3, -0.25) is 0 Å². The van der Waals surface area contributed by atoms with Gasteiger partial charge in [0, 0.05) is 26.3 Å². The van der Waals surface area contributed by atoms with Crippen LogP contribution >= 0.6 is 17.0 Å². The van der Waals surface area contributed by atoms with Crippen LogP contribution < -0.4 is 4.74 Å². The van der Waals surface area contributed by atoms with E-state index < -0.39 is 36.0 Å². The molecular weight excluding hydrogens is 775 g/mol. The molecule has 0 spiro atoms. The summed E-state index contributed by atoms with van der Waals surface area (Å²) in [5, 5.41) is 0. The van der Waals surface area contributed by atoms with Gasteiger partial charge in [-0.05, 0) is 87.8 Å². The van der Waals surface area contributed by atoms with E-state index in [2.05, 4.69) is 124 Å². The molecule has 3 saturated carbocycles. The van der Waals surface area contributed by atoms with Crippen molar-refractivity contribution in [3.8, 4) is 5.75 Å². The molecule has 0 heterocycles. The summed E-state index contributed by atoms with van der Waals surface area (Å²) >= 11 is -0.826. The zero-order valence-electron chi connectivity index (χ0n) is 35.5. The van der Waals surface area contributed by atoms with Crippen LogP contribution in [-0.4, -0.2) is 22.3 Å². The fourth-order valence-electron chi connectivity index (χ4n) is 11.3. The number of ether oxygens (including phenoxy) is 1. The molecule has 5 rings (SSSR count). The van der Waals surface area contributed by atoms with E-state index in [1.807, 2.05) is 7.11 Å². The number of benzene rings is 2. The fourth-order valence-corrected chi connectivity index (χ4v) is 26.0. The number of hydrogen-bond donors (Lipinski definition) is 0. The van der Waals surface area contributed by atoms with E-state index in [0.29, 0.717) is 11.8 Å². The average Bonchev–Trinajstić information content (AvgIpc) is 3.64.